The Labute approximate surface area is 124 Å². The fourth-order valence-electron chi connectivity index (χ4n) is 2.65. The fraction of sp³-hybridized carbons (Fsp3) is 0.500. The summed E-state index contributed by atoms with van der Waals surface area (Å²) in [5.74, 6) is 0.145. The highest BCUT2D eigenvalue weighted by Gasteiger charge is 2.19. The standard InChI is InChI=1S/C16H22N2O3/c1-2-3-11(6-7-19)10-17-16(21)12-4-5-14-13(8-12)9-15(20)18-14/h4-5,8,11,19H,2-3,6-7,9-10H2,1H3,(H,17,21)(H,18,20). The molecule has 21 heavy (non-hydrogen) atoms. The highest BCUT2D eigenvalue weighted by atomic mass is 16.3. The maximum absolute atomic E-state index is 12.2. The summed E-state index contributed by atoms with van der Waals surface area (Å²) in [4.78, 5) is 23.5. The van der Waals surface area contributed by atoms with Gasteiger partial charge in [0.05, 0.1) is 6.42 Å². The molecule has 1 unspecified atom stereocenters. The SMILES string of the molecule is CCCC(CCO)CNC(=O)c1ccc2c(c1)CC(=O)N2. The van der Waals surface area contributed by atoms with Crippen LogP contribution in [0.4, 0.5) is 5.69 Å². The molecule has 0 aromatic heterocycles. The number of anilines is 1. The first kappa shape index (κ1) is 15.5. The van der Waals surface area contributed by atoms with E-state index in [1.54, 1.807) is 18.2 Å². The zero-order valence-electron chi connectivity index (χ0n) is 12.3. The third kappa shape index (κ3) is 4.04. The van der Waals surface area contributed by atoms with Crippen molar-refractivity contribution in [3.63, 3.8) is 0 Å². The van der Waals surface area contributed by atoms with E-state index in [0.29, 0.717) is 30.9 Å². The van der Waals surface area contributed by atoms with Crippen molar-refractivity contribution < 1.29 is 14.7 Å². The molecule has 1 aromatic carbocycles. The molecule has 0 radical (unpaired) electrons. The highest BCUT2D eigenvalue weighted by molar-refractivity contribution is 6.01. The molecular weight excluding hydrogens is 268 g/mol. The Morgan fingerprint density at radius 2 is 2.24 bits per heavy atom. The smallest absolute Gasteiger partial charge is 0.251 e. The number of hydrogen-bond donors (Lipinski definition) is 3. The summed E-state index contributed by atoms with van der Waals surface area (Å²) >= 11 is 0. The number of fused-ring (bicyclic) bond motifs is 1. The van der Waals surface area contributed by atoms with Gasteiger partial charge in [-0.25, -0.2) is 0 Å². The van der Waals surface area contributed by atoms with Crippen LogP contribution in [0.25, 0.3) is 0 Å². The molecular formula is C16H22N2O3. The summed E-state index contributed by atoms with van der Waals surface area (Å²) in [5.41, 5.74) is 2.23. The average Bonchev–Trinajstić information content (AvgIpc) is 2.84. The van der Waals surface area contributed by atoms with Crippen molar-refractivity contribution in [2.24, 2.45) is 5.92 Å². The van der Waals surface area contributed by atoms with E-state index in [0.717, 1.165) is 24.1 Å². The number of aliphatic hydroxyl groups excluding tert-OH is 1. The van der Waals surface area contributed by atoms with Crippen molar-refractivity contribution in [1.82, 2.24) is 5.32 Å². The molecule has 1 heterocycles. The average molecular weight is 290 g/mol. The van der Waals surface area contributed by atoms with Gasteiger partial charge < -0.3 is 15.7 Å². The van der Waals surface area contributed by atoms with Crippen molar-refractivity contribution in [2.45, 2.75) is 32.6 Å². The molecule has 0 bridgehead atoms. The summed E-state index contributed by atoms with van der Waals surface area (Å²) in [6.07, 6.45) is 3.06. The Kier molecular flexibility index (Phi) is 5.33. The first-order valence-electron chi connectivity index (χ1n) is 7.46. The minimum atomic E-state index is -0.129. The number of rotatable bonds is 7. The van der Waals surface area contributed by atoms with E-state index in [4.69, 9.17) is 5.11 Å². The Hall–Kier alpha value is -1.88. The lowest BCUT2D eigenvalue weighted by molar-refractivity contribution is -0.115. The molecule has 1 atom stereocenters. The van der Waals surface area contributed by atoms with Crippen LogP contribution in [0, 0.1) is 5.92 Å². The summed E-state index contributed by atoms with van der Waals surface area (Å²) in [7, 11) is 0. The number of aliphatic hydroxyl groups is 1. The first-order chi connectivity index (χ1) is 10.1. The van der Waals surface area contributed by atoms with Crippen LogP contribution < -0.4 is 10.6 Å². The summed E-state index contributed by atoms with van der Waals surface area (Å²) in [6.45, 7) is 2.81. The van der Waals surface area contributed by atoms with Gasteiger partial charge in [-0.05, 0) is 42.5 Å². The molecule has 1 aliphatic heterocycles. The molecule has 0 saturated carbocycles. The van der Waals surface area contributed by atoms with E-state index >= 15 is 0 Å². The van der Waals surface area contributed by atoms with Crippen molar-refractivity contribution in [3.8, 4) is 0 Å². The third-order valence-electron chi connectivity index (χ3n) is 3.78. The largest absolute Gasteiger partial charge is 0.396 e. The van der Waals surface area contributed by atoms with Gasteiger partial charge in [0.2, 0.25) is 5.91 Å². The van der Waals surface area contributed by atoms with E-state index in [1.807, 2.05) is 0 Å². The van der Waals surface area contributed by atoms with Gasteiger partial charge in [0, 0.05) is 24.4 Å². The summed E-state index contributed by atoms with van der Waals surface area (Å²) < 4.78 is 0. The lowest BCUT2D eigenvalue weighted by Crippen LogP contribution is -2.29. The van der Waals surface area contributed by atoms with Gasteiger partial charge in [-0.3, -0.25) is 9.59 Å². The van der Waals surface area contributed by atoms with Gasteiger partial charge in [-0.2, -0.15) is 0 Å². The third-order valence-corrected chi connectivity index (χ3v) is 3.78. The van der Waals surface area contributed by atoms with Gasteiger partial charge >= 0.3 is 0 Å². The van der Waals surface area contributed by atoms with Gasteiger partial charge in [-0.15, -0.1) is 0 Å². The lowest BCUT2D eigenvalue weighted by atomic mass is 10.00. The van der Waals surface area contributed by atoms with Crippen LogP contribution >= 0.6 is 0 Å². The molecule has 0 aliphatic carbocycles. The Morgan fingerprint density at radius 1 is 1.43 bits per heavy atom. The van der Waals surface area contributed by atoms with Crippen molar-refractivity contribution >= 4 is 17.5 Å². The van der Waals surface area contributed by atoms with Gasteiger partial charge in [0.1, 0.15) is 0 Å². The van der Waals surface area contributed by atoms with Crippen molar-refractivity contribution in [3.05, 3.63) is 29.3 Å². The maximum Gasteiger partial charge on any atom is 0.251 e. The number of benzene rings is 1. The van der Waals surface area contributed by atoms with E-state index in [-0.39, 0.29) is 18.4 Å². The van der Waals surface area contributed by atoms with Crippen LogP contribution in [0.1, 0.15) is 42.1 Å². The summed E-state index contributed by atoms with van der Waals surface area (Å²) in [5, 5.41) is 14.7. The van der Waals surface area contributed by atoms with Crippen LogP contribution in [0.5, 0.6) is 0 Å². The van der Waals surface area contributed by atoms with Crippen molar-refractivity contribution in [2.75, 3.05) is 18.5 Å². The second-order valence-corrected chi connectivity index (χ2v) is 5.47. The second-order valence-electron chi connectivity index (χ2n) is 5.47. The number of nitrogens with one attached hydrogen (secondary N) is 2. The molecule has 1 aromatic rings. The molecule has 114 valence electrons. The van der Waals surface area contributed by atoms with Crippen LogP contribution in [0.15, 0.2) is 18.2 Å². The Bertz CT molecular complexity index is 522. The predicted molar refractivity (Wildman–Crippen MR) is 81.2 cm³/mol. The molecule has 5 heteroatoms. The molecule has 2 amide bonds. The molecule has 0 fully saturated rings. The van der Waals surface area contributed by atoms with Crippen LogP contribution in [-0.4, -0.2) is 30.1 Å². The highest BCUT2D eigenvalue weighted by Crippen LogP contribution is 2.23. The molecule has 5 nitrogen and oxygen atoms in total. The van der Waals surface area contributed by atoms with Crippen molar-refractivity contribution in [1.29, 1.82) is 0 Å². The predicted octanol–water partition coefficient (Wildman–Crippen LogP) is 1.71. The minimum absolute atomic E-state index is 0.0338. The number of amides is 2. The van der Waals surface area contributed by atoms with Gasteiger partial charge in [-0.1, -0.05) is 13.3 Å². The van der Waals surface area contributed by atoms with Crippen LogP contribution in [0.2, 0.25) is 0 Å². The Morgan fingerprint density at radius 3 is 2.95 bits per heavy atom. The fourth-order valence-corrected chi connectivity index (χ4v) is 2.65. The second kappa shape index (κ2) is 7.22. The zero-order chi connectivity index (χ0) is 15.2. The monoisotopic (exact) mass is 290 g/mol. The number of carbonyl (C=O) groups excluding carboxylic acids is 2. The Balaban J connectivity index is 1.94. The first-order valence-corrected chi connectivity index (χ1v) is 7.46. The number of hydrogen-bond acceptors (Lipinski definition) is 3. The summed E-state index contributed by atoms with van der Waals surface area (Å²) in [6, 6.07) is 5.26. The van der Waals surface area contributed by atoms with Crippen LogP contribution in [0.3, 0.4) is 0 Å². The van der Waals surface area contributed by atoms with E-state index in [2.05, 4.69) is 17.6 Å². The molecule has 1 aliphatic rings. The minimum Gasteiger partial charge on any atom is -0.396 e. The van der Waals surface area contributed by atoms with Crippen LogP contribution in [-0.2, 0) is 11.2 Å². The maximum atomic E-state index is 12.2. The molecule has 3 N–H and O–H groups in total. The van der Waals surface area contributed by atoms with Gasteiger partial charge in [0.25, 0.3) is 5.91 Å². The molecule has 2 rings (SSSR count). The van der Waals surface area contributed by atoms with E-state index < -0.39 is 0 Å². The zero-order valence-corrected chi connectivity index (χ0v) is 12.3. The normalized spacial score (nSPS) is 14.5. The number of carbonyl (C=O) groups is 2. The quantitative estimate of drug-likeness (QED) is 0.715. The molecule has 0 spiro atoms. The molecule has 0 saturated heterocycles. The van der Waals surface area contributed by atoms with E-state index in [9.17, 15) is 9.59 Å². The van der Waals surface area contributed by atoms with E-state index in [1.165, 1.54) is 0 Å². The lowest BCUT2D eigenvalue weighted by Gasteiger charge is -2.15. The van der Waals surface area contributed by atoms with Gasteiger partial charge in [0.15, 0.2) is 0 Å². The topological polar surface area (TPSA) is 78.4 Å².